The third-order valence-corrected chi connectivity index (χ3v) is 3.50. The molecular weight excluding hydrogens is 253 g/mol. The molecule has 0 radical (unpaired) electrons. The van der Waals surface area contributed by atoms with Crippen LogP contribution in [0.2, 0.25) is 0 Å². The third-order valence-electron chi connectivity index (χ3n) is 3.50. The van der Waals surface area contributed by atoms with Gasteiger partial charge in [-0.15, -0.1) is 0 Å². The zero-order valence-corrected chi connectivity index (χ0v) is 12.1. The average molecular weight is 273 g/mol. The Morgan fingerprint density at radius 3 is 2.45 bits per heavy atom. The predicted molar refractivity (Wildman–Crippen MR) is 79.6 cm³/mol. The van der Waals surface area contributed by atoms with Crippen molar-refractivity contribution in [3.63, 3.8) is 0 Å². The summed E-state index contributed by atoms with van der Waals surface area (Å²) >= 11 is 0. The van der Waals surface area contributed by atoms with Crippen LogP contribution in [0.4, 0.5) is 4.39 Å². The second-order valence-corrected chi connectivity index (χ2v) is 4.89. The zero-order chi connectivity index (χ0) is 14.5. The summed E-state index contributed by atoms with van der Waals surface area (Å²) in [5.74, 6) is -0.00637. The molecule has 0 spiro atoms. The highest BCUT2D eigenvalue weighted by molar-refractivity contribution is 5.34. The predicted octanol–water partition coefficient (Wildman–Crippen LogP) is 3.65. The standard InChI is InChI=1S/C17H20FNO/c1-12-7-9-13(10-8-12)11-15(19-2)14-5-4-6-16(20-3)17(14)18/h4-10,15,19H,11H2,1-3H3. The van der Waals surface area contributed by atoms with Crippen LogP contribution in [0, 0.1) is 12.7 Å². The van der Waals surface area contributed by atoms with Crippen LogP contribution in [-0.2, 0) is 6.42 Å². The van der Waals surface area contributed by atoms with E-state index in [-0.39, 0.29) is 17.6 Å². The first-order valence-electron chi connectivity index (χ1n) is 6.71. The molecule has 0 aromatic heterocycles. The smallest absolute Gasteiger partial charge is 0.169 e. The highest BCUT2D eigenvalue weighted by Gasteiger charge is 2.17. The van der Waals surface area contributed by atoms with Crippen LogP contribution < -0.4 is 10.1 Å². The number of benzene rings is 2. The number of methoxy groups -OCH3 is 1. The van der Waals surface area contributed by atoms with Gasteiger partial charge in [-0.05, 0) is 32.0 Å². The molecule has 1 unspecified atom stereocenters. The van der Waals surface area contributed by atoms with Crippen molar-refractivity contribution < 1.29 is 9.13 Å². The van der Waals surface area contributed by atoms with Gasteiger partial charge in [0.05, 0.1) is 7.11 Å². The lowest BCUT2D eigenvalue weighted by molar-refractivity contribution is 0.380. The van der Waals surface area contributed by atoms with Crippen LogP contribution in [-0.4, -0.2) is 14.2 Å². The lowest BCUT2D eigenvalue weighted by Crippen LogP contribution is -2.20. The number of hydrogen-bond donors (Lipinski definition) is 1. The van der Waals surface area contributed by atoms with Gasteiger partial charge in [-0.1, -0.05) is 42.0 Å². The quantitative estimate of drug-likeness (QED) is 0.898. The molecule has 2 nitrogen and oxygen atoms in total. The van der Waals surface area contributed by atoms with Crippen molar-refractivity contribution in [2.24, 2.45) is 0 Å². The number of aryl methyl sites for hydroxylation is 1. The van der Waals surface area contributed by atoms with E-state index in [1.54, 1.807) is 12.1 Å². The summed E-state index contributed by atoms with van der Waals surface area (Å²) in [6, 6.07) is 13.5. The Labute approximate surface area is 119 Å². The summed E-state index contributed by atoms with van der Waals surface area (Å²) in [6.07, 6.45) is 0.737. The van der Waals surface area contributed by atoms with Crippen LogP contribution in [0.15, 0.2) is 42.5 Å². The number of nitrogens with one attached hydrogen (secondary N) is 1. The minimum absolute atomic E-state index is 0.0761. The fourth-order valence-electron chi connectivity index (χ4n) is 2.28. The Hall–Kier alpha value is -1.87. The Balaban J connectivity index is 2.26. The van der Waals surface area contributed by atoms with Crippen molar-refractivity contribution in [3.05, 3.63) is 65.0 Å². The maximum atomic E-state index is 14.3. The molecule has 0 heterocycles. The first kappa shape index (κ1) is 14.5. The largest absolute Gasteiger partial charge is 0.494 e. The van der Waals surface area contributed by atoms with E-state index in [2.05, 4.69) is 36.5 Å². The summed E-state index contributed by atoms with van der Waals surface area (Å²) in [5, 5.41) is 3.18. The van der Waals surface area contributed by atoms with Gasteiger partial charge in [-0.2, -0.15) is 0 Å². The van der Waals surface area contributed by atoms with Crippen molar-refractivity contribution >= 4 is 0 Å². The van der Waals surface area contributed by atoms with Gasteiger partial charge in [0, 0.05) is 11.6 Å². The maximum absolute atomic E-state index is 14.3. The fourth-order valence-corrected chi connectivity index (χ4v) is 2.28. The lowest BCUT2D eigenvalue weighted by Gasteiger charge is -2.18. The summed E-state index contributed by atoms with van der Waals surface area (Å²) in [7, 11) is 3.33. The van der Waals surface area contributed by atoms with E-state index in [4.69, 9.17) is 4.74 Å². The van der Waals surface area contributed by atoms with Crippen LogP contribution in [0.3, 0.4) is 0 Å². The Bertz CT molecular complexity index is 566. The molecule has 1 N–H and O–H groups in total. The summed E-state index contributed by atoms with van der Waals surface area (Å²) in [6.45, 7) is 2.06. The minimum Gasteiger partial charge on any atom is -0.494 e. The number of likely N-dealkylation sites (N-methyl/N-ethyl adjacent to an activating group) is 1. The first-order valence-corrected chi connectivity index (χ1v) is 6.71. The van der Waals surface area contributed by atoms with E-state index in [9.17, 15) is 4.39 Å². The molecule has 0 aliphatic heterocycles. The number of rotatable bonds is 5. The molecule has 0 aliphatic rings. The highest BCUT2D eigenvalue weighted by atomic mass is 19.1. The van der Waals surface area contributed by atoms with Crippen LogP contribution in [0.25, 0.3) is 0 Å². The SMILES string of the molecule is CNC(Cc1ccc(C)cc1)c1cccc(OC)c1F. The van der Waals surface area contributed by atoms with Gasteiger partial charge in [0.15, 0.2) is 11.6 Å². The van der Waals surface area contributed by atoms with Gasteiger partial charge in [0.1, 0.15) is 0 Å². The van der Waals surface area contributed by atoms with Gasteiger partial charge >= 0.3 is 0 Å². The summed E-state index contributed by atoms with van der Waals surface area (Å²) in [4.78, 5) is 0. The molecule has 0 saturated heterocycles. The van der Waals surface area contributed by atoms with E-state index in [1.165, 1.54) is 18.2 Å². The normalized spacial score (nSPS) is 12.2. The molecule has 0 aliphatic carbocycles. The molecule has 2 rings (SSSR count). The fraction of sp³-hybridized carbons (Fsp3) is 0.294. The summed E-state index contributed by atoms with van der Waals surface area (Å²) in [5.41, 5.74) is 3.03. The van der Waals surface area contributed by atoms with Crippen LogP contribution >= 0.6 is 0 Å². The van der Waals surface area contributed by atoms with E-state index in [0.717, 1.165) is 6.42 Å². The third kappa shape index (κ3) is 3.17. The van der Waals surface area contributed by atoms with Gasteiger partial charge in [-0.25, -0.2) is 4.39 Å². The molecule has 0 fully saturated rings. The Morgan fingerprint density at radius 2 is 1.85 bits per heavy atom. The second-order valence-electron chi connectivity index (χ2n) is 4.89. The Morgan fingerprint density at radius 1 is 1.15 bits per heavy atom. The molecule has 3 heteroatoms. The zero-order valence-electron chi connectivity index (χ0n) is 12.1. The van der Waals surface area contributed by atoms with Crippen molar-refractivity contribution in [3.8, 4) is 5.75 Å². The van der Waals surface area contributed by atoms with Crippen molar-refractivity contribution in [2.45, 2.75) is 19.4 Å². The Kier molecular flexibility index (Phi) is 4.74. The van der Waals surface area contributed by atoms with Gasteiger partial charge in [-0.3, -0.25) is 0 Å². The van der Waals surface area contributed by atoms with Crippen molar-refractivity contribution in [1.29, 1.82) is 0 Å². The minimum atomic E-state index is -0.290. The molecule has 0 amide bonds. The lowest BCUT2D eigenvalue weighted by atomic mass is 9.97. The van der Waals surface area contributed by atoms with E-state index in [1.807, 2.05) is 13.1 Å². The molecule has 0 saturated carbocycles. The summed E-state index contributed by atoms with van der Waals surface area (Å²) < 4.78 is 19.4. The van der Waals surface area contributed by atoms with Gasteiger partial charge in [0.2, 0.25) is 0 Å². The number of hydrogen-bond acceptors (Lipinski definition) is 2. The van der Waals surface area contributed by atoms with Crippen LogP contribution in [0.5, 0.6) is 5.75 Å². The highest BCUT2D eigenvalue weighted by Crippen LogP contribution is 2.27. The maximum Gasteiger partial charge on any atom is 0.169 e. The molecule has 1 atom stereocenters. The topological polar surface area (TPSA) is 21.3 Å². The first-order chi connectivity index (χ1) is 9.65. The molecule has 20 heavy (non-hydrogen) atoms. The monoisotopic (exact) mass is 273 g/mol. The van der Waals surface area contributed by atoms with Crippen LogP contribution in [0.1, 0.15) is 22.7 Å². The molecule has 2 aromatic rings. The average Bonchev–Trinajstić information content (AvgIpc) is 2.47. The molecule has 2 aromatic carbocycles. The molecule has 106 valence electrons. The second kappa shape index (κ2) is 6.53. The number of ether oxygens (including phenoxy) is 1. The van der Waals surface area contributed by atoms with Gasteiger partial charge < -0.3 is 10.1 Å². The molecular formula is C17H20FNO. The van der Waals surface area contributed by atoms with Crippen molar-refractivity contribution in [1.82, 2.24) is 5.32 Å². The van der Waals surface area contributed by atoms with E-state index >= 15 is 0 Å². The molecule has 0 bridgehead atoms. The van der Waals surface area contributed by atoms with E-state index < -0.39 is 0 Å². The number of halogens is 1. The van der Waals surface area contributed by atoms with Crippen molar-refractivity contribution in [2.75, 3.05) is 14.2 Å². The van der Waals surface area contributed by atoms with Gasteiger partial charge in [0.25, 0.3) is 0 Å². The van der Waals surface area contributed by atoms with E-state index in [0.29, 0.717) is 5.56 Å².